The summed E-state index contributed by atoms with van der Waals surface area (Å²) in [5.74, 6) is -0.333. The SMILES string of the molecule is O=C(/C=C/[C@H]1CC[C@@H]2OC(=O)C[C@@H]21)COc1cccc(C(F)(F)F)c1. The van der Waals surface area contributed by atoms with E-state index >= 15 is 0 Å². The first kappa shape index (κ1) is 17.5. The van der Waals surface area contributed by atoms with E-state index < -0.39 is 11.7 Å². The van der Waals surface area contributed by atoms with Crippen LogP contribution in [0.1, 0.15) is 24.8 Å². The topological polar surface area (TPSA) is 52.6 Å². The van der Waals surface area contributed by atoms with Gasteiger partial charge < -0.3 is 9.47 Å². The lowest BCUT2D eigenvalue weighted by Crippen LogP contribution is -2.13. The van der Waals surface area contributed by atoms with Crippen molar-refractivity contribution in [3.63, 3.8) is 0 Å². The Balaban J connectivity index is 1.52. The molecular weight excluding hydrogens is 337 g/mol. The number of esters is 1. The Hall–Kier alpha value is -2.31. The fraction of sp³-hybridized carbons (Fsp3) is 0.444. The zero-order chi connectivity index (χ0) is 18.0. The molecule has 4 nitrogen and oxygen atoms in total. The molecule has 0 radical (unpaired) electrons. The minimum Gasteiger partial charge on any atom is -0.485 e. The highest BCUT2D eigenvalue weighted by atomic mass is 19.4. The Kier molecular flexibility index (Phi) is 4.83. The highest BCUT2D eigenvalue weighted by Gasteiger charge is 2.43. The maximum Gasteiger partial charge on any atom is 0.416 e. The maximum absolute atomic E-state index is 12.6. The fourth-order valence-corrected chi connectivity index (χ4v) is 3.33. The van der Waals surface area contributed by atoms with Crippen LogP contribution >= 0.6 is 0 Å². The molecule has 1 heterocycles. The summed E-state index contributed by atoms with van der Waals surface area (Å²) in [6.45, 7) is -0.339. The highest BCUT2D eigenvalue weighted by molar-refractivity contribution is 5.91. The smallest absolute Gasteiger partial charge is 0.416 e. The Bertz CT molecular complexity index is 696. The lowest BCUT2D eigenvalue weighted by Gasteiger charge is -2.11. The minimum absolute atomic E-state index is 0.00713. The summed E-state index contributed by atoms with van der Waals surface area (Å²) in [5.41, 5.74) is -0.823. The molecule has 1 saturated heterocycles. The van der Waals surface area contributed by atoms with Crippen LogP contribution in [0.25, 0.3) is 0 Å². The third kappa shape index (κ3) is 4.21. The molecule has 2 fully saturated rings. The molecule has 3 atom stereocenters. The van der Waals surface area contributed by atoms with Gasteiger partial charge >= 0.3 is 12.1 Å². The summed E-state index contributed by atoms with van der Waals surface area (Å²) in [7, 11) is 0. The Labute approximate surface area is 142 Å². The number of halogens is 3. The second kappa shape index (κ2) is 6.90. The lowest BCUT2D eigenvalue weighted by atomic mass is 9.93. The predicted octanol–water partition coefficient (Wildman–Crippen LogP) is 3.55. The highest BCUT2D eigenvalue weighted by Crippen LogP contribution is 2.41. The second-order valence-corrected chi connectivity index (χ2v) is 6.28. The number of allylic oxidation sites excluding steroid dienone is 1. The largest absolute Gasteiger partial charge is 0.485 e. The molecule has 0 amide bonds. The molecule has 0 spiro atoms. The molecule has 0 N–H and O–H groups in total. The van der Waals surface area contributed by atoms with E-state index in [-0.39, 0.29) is 42.0 Å². The number of hydrogen-bond acceptors (Lipinski definition) is 4. The van der Waals surface area contributed by atoms with Gasteiger partial charge in [0, 0.05) is 5.92 Å². The van der Waals surface area contributed by atoms with Gasteiger partial charge in [0.2, 0.25) is 0 Å². The number of carbonyl (C=O) groups excluding carboxylic acids is 2. The zero-order valence-corrected chi connectivity index (χ0v) is 13.3. The van der Waals surface area contributed by atoms with E-state index in [1.54, 1.807) is 6.08 Å². The van der Waals surface area contributed by atoms with Gasteiger partial charge in [-0.25, -0.2) is 0 Å². The van der Waals surface area contributed by atoms with Gasteiger partial charge in [0.25, 0.3) is 0 Å². The molecule has 7 heteroatoms. The van der Waals surface area contributed by atoms with Crippen molar-refractivity contribution in [3.8, 4) is 5.75 Å². The van der Waals surface area contributed by atoms with Crippen molar-refractivity contribution in [2.24, 2.45) is 11.8 Å². The number of benzene rings is 1. The van der Waals surface area contributed by atoms with Crippen molar-refractivity contribution in [3.05, 3.63) is 42.0 Å². The van der Waals surface area contributed by atoms with Crippen molar-refractivity contribution >= 4 is 11.8 Å². The molecule has 1 aromatic carbocycles. The maximum atomic E-state index is 12.6. The molecular formula is C18H17F3O4. The fourth-order valence-electron chi connectivity index (χ4n) is 3.33. The van der Waals surface area contributed by atoms with Gasteiger partial charge in [0.15, 0.2) is 12.4 Å². The van der Waals surface area contributed by atoms with Crippen LogP contribution in [0.4, 0.5) is 13.2 Å². The number of carbonyl (C=O) groups is 2. The molecule has 0 bridgehead atoms. The lowest BCUT2D eigenvalue weighted by molar-refractivity contribution is -0.141. The number of alkyl halides is 3. The first-order chi connectivity index (χ1) is 11.8. The summed E-state index contributed by atoms with van der Waals surface area (Å²) >= 11 is 0. The molecule has 1 aliphatic carbocycles. The van der Waals surface area contributed by atoms with Crippen LogP contribution < -0.4 is 4.74 Å². The Morgan fingerprint density at radius 3 is 2.88 bits per heavy atom. The van der Waals surface area contributed by atoms with Crippen molar-refractivity contribution in [2.75, 3.05) is 6.61 Å². The third-order valence-electron chi connectivity index (χ3n) is 4.57. The van der Waals surface area contributed by atoms with Crippen LogP contribution in [0, 0.1) is 11.8 Å². The summed E-state index contributed by atoms with van der Waals surface area (Å²) in [6.07, 6.45) is 0.630. The van der Waals surface area contributed by atoms with Gasteiger partial charge in [0.1, 0.15) is 11.9 Å². The minimum atomic E-state index is -4.46. The van der Waals surface area contributed by atoms with E-state index in [4.69, 9.17) is 9.47 Å². The monoisotopic (exact) mass is 354 g/mol. The van der Waals surface area contributed by atoms with Crippen LogP contribution in [0.2, 0.25) is 0 Å². The van der Waals surface area contributed by atoms with Gasteiger partial charge in [-0.1, -0.05) is 12.1 Å². The molecule has 1 saturated carbocycles. The molecule has 2 aliphatic rings. The van der Waals surface area contributed by atoms with Crippen LogP contribution in [0.5, 0.6) is 5.75 Å². The van der Waals surface area contributed by atoms with Gasteiger partial charge in [-0.05, 0) is 43.0 Å². The van der Waals surface area contributed by atoms with Gasteiger partial charge in [-0.3, -0.25) is 9.59 Å². The quantitative estimate of drug-likeness (QED) is 0.599. The third-order valence-corrected chi connectivity index (χ3v) is 4.57. The summed E-state index contributed by atoms with van der Waals surface area (Å²) in [6, 6.07) is 4.40. The summed E-state index contributed by atoms with van der Waals surface area (Å²) in [5, 5.41) is 0. The number of hydrogen-bond donors (Lipinski definition) is 0. The van der Waals surface area contributed by atoms with Gasteiger partial charge in [0.05, 0.1) is 12.0 Å². The molecule has 1 aromatic rings. The van der Waals surface area contributed by atoms with Gasteiger partial charge in [-0.15, -0.1) is 0 Å². The standard InChI is InChI=1S/C18H17F3O4/c19-18(20,21)12-2-1-3-14(8-12)24-10-13(22)6-4-11-5-7-16-15(11)9-17(23)25-16/h1-4,6,8,11,15-16H,5,7,9-10H2/b6-4+/t11-,15+,16-/m0/s1. The van der Waals surface area contributed by atoms with Crippen molar-refractivity contribution in [2.45, 2.75) is 31.5 Å². The van der Waals surface area contributed by atoms with Crippen LogP contribution in [0.3, 0.4) is 0 Å². The van der Waals surface area contributed by atoms with E-state index in [0.717, 1.165) is 25.0 Å². The van der Waals surface area contributed by atoms with E-state index in [9.17, 15) is 22.8 Å². The van der Waals surface area contributed by atoms with Crippen molar-refractivity contribution < 1.29 is 32.2 Å². The number of fused-ring (bicyclic) bond motifs is 1. The summed E-state index contributed by atoms with van der Waals surface area (Å²) in [4.78, 5) is 23.2. The molecule has 0 unspecified atom stereocenters. The zero-order valence-electron chi connectivity index (χ0n) is 13.3. The number of rotatable bonds is 5. The number of ether oxygens (including phenoxy) is 2. The number of ketones is 1. The normalized spacial score (nSPS) is 25.9. The first-order valence-electron chi connectivity index (χ1n) is 8.03. The Morgan fingerprint density at radius 2 is 2.12 bits per heavy atom. The van der Waals surface area contributed by atoms with Crippen LogP contribution in [-0.4, -0.2) is 24.5 Å². The van der Waals surface area contributed by atoms with E-state index in [2.05, 4.69) is 0 Å². The second-order valence-electron chi connectivity index (χ2n) is 6.28. The van der Waals surface area contributed by atoms with E-state index in [0.29, 0.717) is 6.42 Å². The first-order valence-corrected chi connectivity index (χ1v) is 8.03. The Morgan fingerprint density at radius 1 is 1.32 bits per heavy atom. The van der Waals surface area contributed by atoms with Crippen LogP contribution in [0.15, 0.2) is 36.4 Å². The van der Waals surface area contributed by atoms with Crippen LogP contribution in [-0.2, 0) is 20.5 Å². The summed E-state index contributed by atoms with van der Waals surface area (Å²) < 4.78 is 48.2. The van der Waals surface area contributed by atoms with E-state index in [1.807, 2.05) is 0 Å². The molecule has 1 aliphatic heterocycles. The molecule has 25 heavy (non-hydrogen) atoms. The molecule has 134 valence electrons. The van der Waals surface area contributed by atoms with Crippen molar-refractivity contribution in [1.82, 2.24) is 0 Å². The average Bonchev–Trinajstić information content (AvgIpc) is 3.09. The van der Waals surface area contributed by atoms with E-state index in [1.165, 1.54) is 18.2 Å². The average molecular weight is 354 g/mol. The molecule has 3 rings (SSSR count). The van der Waals surface area contributed by atoms with Crippen molar-refractivity contribution in [1.29, 1.82) is 0 Å². The van der Waals surface area contributed by atoms with Gasteiger partial charge in [-0.2, -0.15) is 13.2 Å². The molecule has 0 aromatic heterocycles. The predicted molar refractivity (Wildman–Crippen MR) is 81.8 cm³/mol.